The van der Waals surface area contributed by atoms with Gasteiger partial charge in [-0.05, 0) is 10.8 Å². The molecule has 3 nitrogen and oxygen atoms in total. The van der Waals surface area contributed by atoms with E-state index >= 15 is 0 Å². The Bertz CT molecular complexity index is 716. The SMILES string of the molecule is COc1nc(-c2cccc3ccccc23)c(CO)s1. The highest BCUT2D eigenvalue weighted by molar-refractivity contribution is 7.13. The Labute approximate surface area is 115 Å². The van der Waals surface area contributed by atoms with Crippen molar-refractivity contribution in [1.29, 1.82) is 0 Å². The zero-order chi connectivity index (χ0) is 13.2. The third kappa shape index (κ3) is 2.09. The lowest BCUT2D eigenvalue weighted by atomic mass is 10.0. The molecule has 0 saturated heterocycles. The summed E-state index contributed by atoms with van der Waals surface area (Å²) >= 11 is 1.38. The van der Waals surface area contributed by atoms with Crippen LogP contribution in [0.25, 0.3) is 22.0 Å². The predicted molar refractivity (Wildman–Crippen MR) is 77.5 cm³/mol. The van der Waals surface area contributed by atoms with Gasteiger partial charge in [-0.15, -0.1) is 0 Å². The second-order valence-corrected chi connectivity index (χ2v) is 5.19. The number of aliphatic hydroxyl groups is 1. The molecular formula is C15H13NO2S. The molecule has 3 aromatic rings. The van der Waals surface area contributed by atoms with Gasteiger partial charge in [0.25, 0.3) is 5.19 Å². The molecule has 96 valence electrons. The van der Waals surface area contributed by atoms with Crippen molar-refractivity contribution in [2.24, 2.45) is 0 Å². The first-order valence-corrected chi connectivity index (χ1v) is 6.78. The van der Waals surface area contributed by atoms with Crippen LogP contribution in [0.4, 0.5) is 0 Å². The number of hydrogen-bond acceptors (Lipinski definition) is 4. The summed E-state index contributed by atoms with van der Waals surface area (Å²) in [6.07, 6.45) is 0. The Morgan fingerprint density at radius 2 is 1.95 bits per heavy atom. The minimum absolute atomic E-state index is 0.0282. The molecule has 0 radical (unpaired) electrons. The Morgan fingerprint density at radius 3 is 2.74 bits per heavy atom. The van der Waals surface area contributed by atoms with Crippen molar-refractivity contribution in [3.8, 4) is 16.5 Å². The number of fused-ring (bicyclic) bond motifs is 1. The van der Waals surface area contributed by atoms with E-state index in [-0.39, 0.29) is 6.61 Å². The van der Waals surface area contributed by atoms with Crippen molar-refractivity contribution < 1.29 is 9.84 Å². The monoisotopic (exact) mass is 271 g/mol. The van der Waals surface area contributed by atoms with Crippen LogP contribution in [0.5, 0.6) is 5.19 Å². The Balaban J connectivity index is 2.27. The molecule has 0 unspecified atom stereocenters. The van der Waals surface area contributed by atoms with Crippen molar-refractivity contribution in [2.75, 3.05) is 7.11 Å². The number of aromatic nitrogens is 1. The van der Waals surface area contributed by atoms with E-state index in [4.69, 9.17) is 4.74 Å². The summed E-state index contributed by atoms with van der Waals surface area (Å²) in [6, 6.07) is 14.3. The molecule has 0 saturated carbocycles. The number of methoxy groups -OCH3 is 1. The fourth-order valence-corrected chi connectivity index (χ4v) is 2.91. The fraction of sp³-hybridized carbons (Fsp3) is 0.133. The highest BCUT2D eigenvalue weighted by Gasteiger charge is 2.14. The number of thiazole rings is 1. The molecule has 0 aliphatic heterocycles. The molecule has 0 amide bonds. The maximum absolute atomic E-state index is 9.48. The van der Waals surface area contributed by atoms with Crippen LogP contribution in [0.2, 0.25) is 0 Å². The largest absolute Gasteiger partial charge is 0.473 e. The van der Waals surface area contributed by atoms with Gasteiger partial charge >= 0.3 is 0 Å². The van der Waals surface area contributed by atoms with Crippen LogP contribution in [-0.4, -0.2) is 17.2 Å². The lowest BCUT2D eigenvalue weighted by Crippen LogP contribution is -1.87. The van der Waals surface area contributed by atoms with E-state index in [1.54, 1.807) is 7.11 Å². The average molecular weight is 271 g/mol. The Morgan fingerprint density at radius 1 is 1.16 bits per heavy atom. The quantitative estimate of drug-likeness (QED) is 0.793. The predicted octanol–water partition coefficient (Wildman–Crippen LogP) is 3.46. The Hall–Kier alpha value is -1.91. The number of aliphatic hydroxyl groups excluding tert-OH is 1. The fourth-order valence-electron chi connectivity index (χ4n) is 2.17. The van der Waals surface area contributed by atoms with Gasteiger partial charge in [0.1, 0.15) is 0 Å². The van der Waals surface area contributed by atoms with Crippen LogP contribution in [0, 0.1) is 0 Å². The van der Waals surface area contributed by atoms with Crippen LogP contribution in [0.1, 0.15) is 4.88 Å². The van der Waals surface area contributed by atoms with Gasteiger partial charge in [0.2, 0.25) is 0 Å². The summed E-state index contributed by atoms with van der Waals surface area (Å²) < 4.78 is 5.17. The van der Waals surface area contributed by atoms with Gasteiger partial charge in [0.05, 0.1) is 24.3 Å². The highest BCUT2D eigenvalue weighted by atomic mass is 32.1. The molecule has 1 N–H and O–H groups in total. The van der Waals surface area contributed by atoms with Gasteiger partial charge in [-0.25, -0.2) is 4.98 Å². The third-order valence-electron chi connectivity index (χ3n) is 3.04. The van der Waals surface area contributed by atoms with Gasteiger partial charge in [-0.3, -0.25) is 0 Å². The molecule has 0 bridgehead atoms. The van der Waals surface area contributed by atoms with Crippen molar-refractivity contribution in [1.82, 2.24) is 4.98 Å². The molecule has 1 aromatic heterocycles. The molecular weight excluding hydrogens is 258 g/mol. The summed E-state index contributed by atoms with van der Waals surface area (Å²) in [5, 5.41) is 12.3. The number of nitrogens with zero attached hydrogens (tertiary/aromatic N) is 1. The molecule has 1 heterocycles. The minimum atomic E-state index is -0.0282. The van der Waals surface area contributed by atoms with Gasteiger partial charge < -0.3 is 9.84 Å². The molecule has 0 fully saturated rings. The van der Waals surface area contributed by atoms with Gasteiger partial charge in [0, 0.05) is 5.56 Å². The number of rotatable bonds is 3. The van der Waals surface area contributed by atoms with Gasteiger partial charge in [-0.2, -0.15) is 0 Å². The van der Waals surface area contributed by atoms with Gasteiger partial charge in [0.15, 0.2) is 0 Å². The zero-order valence-electron chi connectivity index (χ0n) is 10.5. The first-order valence-electron chi connectivity index (χ1n) is 5.96. The van der Waals surface area contributed by atoms with E-state index < -0.39 is 0 Å². The molecule has 0 aliphatic rings. The normalized spacial score (nSPS) is 10.8. The molecule has 19 heavy (non-hydrogen) atoms. The lowest BCUT2D eigenvalue weighted by molar-refractivity contribution is 0.286. The molecule has 0 aliphatic carbocycles. The molecule has 2 aromatic carbocycles. The first kappa shape index (κ1) is 12.1. The zero-order valence-corrected chi connectivity index (χ0v) is 11.3. The number of benzene rings is 2. The van der Waals surface area contributed by atoms with Crippen LogP contribution in [0.3, 0.4) is 0 Å². The number of hydrogen-bond donors (Lipinski definition) is 1. The molecule has 4 heteroatoms. The summed E-state index contributed by atoms with van der Waals surface area (Å²) in [4.78, 5) is 5.28. The van der Waals surface area contributed by atoms with Crippen LogP contribution in [0.15, 0.2) is 42.5 Å². The highest BCUT2D eigenvalue weighted by Crippen LogP contribution is 2.35. The second-order valence-electron chi connectivity index (χ2n) is 4.14. The summed E-state index contributed by atoms with van der Waals surface area (Å²) in [6.45, 7) is -0.0282. The maximum atomic E-state index is 9.48. The van der Waals surface area contributed by atoms with Gasteiger partial charge in [-0.1, -0.05) is 53.8 Å². The molecule has 0 atom stereocenters. The van der Waals surface area contributed by atoms with Crippen LogP contribution < -0.4 is 4.74 Å². The van der Waals surface area contributed by atoms with E-state index in [9.17, 15) is 5.11 Å². The van der Waals surface area contributed by atoms with Crippen LogP contribution >= 0.6 is 11.3 Å². The van der Waals surface area contributed by atoms with E-state index in [1.807, 2.05) is 24.3 Å². The molecule has 0 spiro atoms. The van der Waals surface area contributed by atoms with Crippen molar-refractivity contribution in [3.05, 3.63) is 47.3 Å². The summed E-state index contributed by atoms with van der Waals surface area (Å²) in [5.74, 6) is 0. The first-order chi connectivity index (χ1) is 9.33. The van der Waals surface area contributed by atoms with Crippen molar-refractivity contribution in [2.45, 2.75) is 6.61 Å². The van der Waals surface area contributed by atoms with E-state index in [0.29, 0.717) is 5.19 Å². The van der Waals surface area contributed by atoms with E-state index in [1.165, 1.54) is 11.3 Å². The summed E-state index contributed by atoms with van der Waals surface area (Å²) in [7, 11) is 1.59. The number of ether oxygens (including phenoxy) is 1. The van der Waals surface area contributed by atoms with Crippen molar-refractivity contribution in [3.63, 3.8) is 0 Å². The smallest absolute Gasteiger partial charge is 0.273 e. The minimum Gasteiger partial charge on any atom is -0.473 e. The standard InChI is InChI=1S/C15H13NO2S/c1-18-15-16-14(13(9-17)19-15)12-8-4-6-10-5-2-3-7-11(10)12/h2-8,17H,9H2,1H3. The molecule has 3 rings (SSSR count). The third-order valence-corrected chi connectivity index (χ3v) is 4.04. The average Bonchev–Trinajstić information content (AvgIpc) is 2.90. The lowest BCUT2D eigenvalue weighted by Gasteiger charge is -2.05. The van der Waals surface area contributed by atoms with E-state index in [2.05, 4.69) is 23.2 Å². The summed E-state index contributed by atoms with van der Waals surface area (Å²) in [5.41, 5.74) is 1.84. The Kier molecular flexibility index (Phi) is 3.19. The van der Waals surface area contributed by atoms with E-state index in [0.717, 1.165) is 26.9 Å². The van der Waals surface area contributed by atoms with Crippen molar-refractivity contribution >= 4 is 22.1 Å². The second kappa shape index (κ2) is 4.99. The van der Waals surface area contributed by atoms with Crippen LogP contribution in [-0.2, 0) is 6.61 Å². The maximum Gasteiger partial charge on any atom is 0.273 e. The topological polar surface area (TPSA) is 42.4 Å².